The molecule has 4 nitrogen and oxygen atoms in total. The minimum atomic E-state index is -0.209. The predicted molar refractivity (Wildman–Crippen MR) is 118 cm³/mol. The van der Waals surface area contributed by atoms with Crippen LogP contribution in [0.2, 0.25) is 14.4 Å². The minimum absolute atomic E-state index is 0. The summed E-state index contributed by atoms with van der Waals surface area (Å²) in [6, 6.07) is 8.95. The molecule has 0 aliphatic rings. The molecule has 0 N–H and O–H groups in total. The third kappa shape index (κ3) is 6.98. The van der Waals surface area contributed by atoms with Gasteiger partial charge in [-0.15, -0.1) is 11.3 Å². The Bertz CT molecular complexity index is 974. The van der Waals surface area contributed by atoms with Gasteiger partial charge in [-0.3, -0.25) is 4.79 Å². The molecule has 2 aromatic heterocycles. The van der Waals surface area contributed by atoms with Crippen molar-refractivity contribution in [3.63, 3.8) is 0 Å². The predicted octanol–water partition coefficient (Wildman–Crippen LogP) is 3.24. The number of hydrogen-bond acceptors (Lipinski definition) is 3. The van der Waals surface area contributed by atoms with Gasteiger partial charge in [0.15, 0.2) is 6.54 Å². The highest BCUT2D eigenvalue weighted by Gasteiger charge is 2.20. The van der Waals surface area contributed by atoms with Crippen LogP contribution in [0.4, 0.5) is 0 Å². The second kappa shape index (κ2) is 12.1. The number of benzene rings is 1. The Morgan fingerprint density at radius 2 is 2.03 bits per heavy atom. The summed E-state index contributed by atoms with van der Waals surface area (Å²) in [5.74, 6) is 0.0288. The van der Waals surface area contributed by atoms with E-state index in [4.69, 9.17) is 39.5 Å². The van der Waals surface area contributed by atoms with Gasteiger partial charge >= 0.3 is 0 Å². The summed E-state index contributed by atoms with van der Waals surface area (Å²) in [6.07, 6.45) is 7.52. The van der Waals surface area contributed by atoms with E-state index in [1.165, 1.54) is 11.3 Å². The fraction of sp³-hybridized carbons (Fsp3) is 0.333. The van der Waals surface area contributed by atoms with Crippen LogP contribution in [0.15, 0.2) is 49.1 Å². The van der Waals surface area contributed by atoms with Crippen LogP contribution in [0.5, 0.6) is 0 Å². The van der Waals surface area contributed by atoms with Gasteiger partial charge in [0.1, 0.15) is 25.0 Å². The van der Waals surface area contributed by atoms with Crippen LogP contribution in [0, 0.1) is 0 Å². The normalized spacial score (nSPS) is 11.9. The topological polar surface area (TPSA) is 35.1 Å². The Labute approximate surface area is 201 Å². The van der Waals surface area contributed by atoms with E-state index < -0.39 is 0 Å². The molecular formula is C21H22Cl4N2O2S. The van der Waals surface area contributed by atoms with E-state index >= 15 is 0 Å². The lowest BCUT2D eigenvalue weighted by Crippen LogP contribution is -3.00. The fourth-order valence-electron chi connectivity index (χ4n) is 2.91. The van der Waals surface area contributed by atoms with E-state index in [1.54, 1.807) is 18.2 Å². The number of carbonyl (C=O) groups is 1. The number of aromatic nitrogens is 2. The number of halogens is 4. The maximum absolute atomic E-state index is 12.4. The number of nitrogens with zero attached hydrogens (tertiary/aromatic N) is 2. The van der Waals surface area contributed by atoms with Crippen molar-refractivity contribution in [2.45, 2.75) is 39.0 Å². The number of imidazole rings is 1. The molecule has 0 bridgehead atoms. The molecule has 162 valence electrons. The zero-order valence-electron chi connectivity index (χ0n) is 16.4. The van der Waals surface area contributed by atoms with Gasteiger partial charge < -0.3 is 17.1 Å². The van der Waals surface area contributed by atoms with E-state index in [0.717, 1.165) is 18.4 Å². The second-order valence-electron chi connectivity index (χ2n) is 6.69. The summed E-state index contributed by atoms with van der Waals surface area (Å²) < 4.78 is 10.6. The Kier molecular flexibility index (Phi) is 10.1. The zero-order valence-corrected chi connectivity index (χ0v) is 20.2. The molecule has 0 spiro atoms. The van der Waals surface area contributed by atoms with Crippen LogP contribution in [0.3, 0.4) is 0 Å². The molecule has 0 amide bonds. The molecule has 3 aromatic rings. The number of carbonyl (C=O) groups excluding carboxylic acids is 1. The monoisotopic (exact) mass is 506 g/mol. The van der Waals surface area contributed by atoms with Crippen molar-refractivity contribution >= 4 is 51.9 Å². The summed E-state index contributed by atoms with van der Waals surface area (Å²) in [7, 11) is 0. The number of unbranched alkanes of at least 4 members (excludes halogenated alkanes) is 1. The third-order valence-corrected chi connectivity index (χ3v) is 6.26. The van der Waals surface area contributed by atoms with Crippen LogP contribution < -0.4 is 17.0 Å². The molecule has 0 radical (unpaired) electrons. The van der Waals surface area contributed by atoms with Gasteiger partial charge in [0.2, 0.25) is 12.1 Å². The van der Waals surface area contributed by atoms with E-state index in [-0.39, 0.29) is 30.8 Å². The maximum atomic E-state index is 12.4. The van der Waals surface area contributed by atoms with Crippen molar-refractivity contribution in [1.82, 2.24) is 4.57 Å². The Balaban J connectivity index is 0.00000320. The summed E-state index contributed by atoms with van der Waals surface area (Å²) >= 11 is 19.7. The van der Waals surface area contributed by atoms with Gasteiger partial charge in [-0.2, -0.15) is 0 Å². The molecule has 1 atom stereocenters. The summed E-state index contributed by atoms with van der Waals surface area (Å²) in [6.45, 7) is 3.61. The molecule has 30 heavy (non-hydrogen) atoms. The minimum Gasteiger partial charge on any atom is -1.00 e. The Morgan fingerprint density at radius 1 is 1.23 bits per heavy atom. The van der Waals surface area contributed by atoms with Crippen molar-refractivity contribution in [3.8, 4) is 0 Å². The average molecular weight is 508 g/mol. The number of ketones is 1. The van der Waals surface area contributed by atoms with Crippen molar-refractivity contribution in [2.75, 3.05) is 6.61 Å². The molecule has 0 aliphatic carbocycles. The summed E-state index contributed by atoms with van der Waals surface area (Å²) in [5.41, 5.74) is 0.900. The fourth-order valence-corrected chi connectivity index (χ4v) is 4.42. The number of thiophene rings is 1. The first-order valence-corrected chi connectivity index (χ1v) is 11.3. The van der Waals surface area contributed by atoms with E-state index in [9.17, 15) is 4.79 Å². The molecule has 9 heteroatoms. The molecule has 1 unspecified atom stereocenters. The first kappa shape index (κ1) is 25.2. The van der Waals surface area contributed by atoms with Crippen LogP contribution in [-0.4, -0.2) is 17.0 Å². The molecule has 1 aromatic carbocycles. The van der Waals surface area contributed by atoms with Crippen molar-refractivity contribution in [1.29, 1.82) is 0 Å². The highest BCUT2D eigenvalue weighted by molar-refractivity contribution is 7.18. The van der Waals surface area contributed by atoms with Gasteiger partial charge in [0.25, 0.3) is 0 Å². The smallest absolute Gasteiger partial charge is 0.244 e. The van der Waals surface area contributed by atoms with Crippen LogP contribution in [0.1, 0.15) is 41.1 Å². The van der Waals surface area contributed by atoms with E-state index in [2.05, 4.69) is 6.92 Å². The summed E-state index contributed by atoms with van der Waals surface area (Å²) in [5, 5.41) is 1.18. The first-order valence-electron chi connectivity index (χ1n) is 9.36. The molecular weight excluding hydrogens is 486 g/mol. The standard InChI is InChI=1S/C21H22Cl3N2O2S.ClH/c1-2-3-10-28-19(16-5-4-15(22)11-17(16)23)13-26-9-8-25(14-26)12-18(27)20-6-7-21(24)29-20;/h4-9,11,14,19H,2-3,10,12-13H2,1H3;1H/q+1;/p-1. The lowest BCUT2D eigenvalue weighted by molar-refractivity contribution is -0.704. The number of hydrogen-bond donors (Lipinski definition) is 0. The van der Waals surface area contributed by atoms with Crippen molar-refractivity contribution < 1.29 is 26.5 Å². The zero-order chi connectivity index (χ0) is 20.8. The van der Waals surface area contributed by atoms with Gasteiger partial charge in [0.05, 0.1) is 9.21 Å². The highest BCUT2D eigenvalue weighted by atomic mass is 35.5. The average Bonchev–Trinajstić information content (AvgIpc) is 3.30. The lowest BCUT2D eigenvalue weighted by atomic mass is 10.1. The first-order chi connectivity index (χ1) is 14.0. The molecule has 0 saturated heterocycles. The Hall–Kier alpha value is -1.08. The SMILES string of the molecule is CCCCOC(C[n+]1ccn(CC(=O)c2ccc(Cl)s2)c1)c1ccc(Cl)cc1Cl.[Cl-]. The van der Waals surface area contributed by atoms with Gasteiger partial charge in [0, 0.05) is 22.2 Å². The number of rotatable bonds is 10. The van der Waals surface area contributed by atoms with Gasteiger partial charge in [-0.05, 0) is 30.7 Å². The van der Waals surface area contributed by atoms with Gasteiger partial charge in [-0.1, -0.05) is 54.2 Å². The van der Waals surface area contributed by atoms with Crippen molar-refractivity contribution in [3.05, 3.63) is 73.9 Å². The quantitative estimate of drug-likeness (QED) is 0.240. The van der Waals surface area contributed by atoms with E-state index in [1.807, 2.05) is 40.0 Å². The molecule has 0 aliphatic heterocycles. The molecule has 2 heterocycles. The molecule has 0 saturated carbocycles. The Morgan fingerprint density at radius 3 is 2.70 bits per heavy atom. The van der Waals surface area contributed by atoms with Crippen LogP contribution in [0.25, 0.3) is 0 Å². The molecule has 3 rings (SSSR count). The largest absolute Gasteiger partial charge is 1.00 e. The number of ether oxygens (including phenoxy) is 1. The van der Waals surface area contributed by atoms with Crippen LogP contribution >= 0.6 is 46.1 Å². The van der Waals surface area contributed by atoms with E-state index in [0.29, 0.717) is 32.4 Å². The number of Topliss-reactive ketones (excluding diaryl/α,β-unsaturated/α-hetero) is 1. The molecule has 0 fully saturated rings. The second-order valence-corrected chi connectivity index (χ2v) is 9.25. The third-order valence-electron chi connectivity index (χ3n) is 4.42. The highest BCUT2D eigenvalue weighted by Crippen LogP contribution is 2.29. The summed E-state index contributed by atoms with van der Waals surface area (Å²) in [4.78, 5) is 13.1. The van der Waals surface area contributed by atoms with Crippen LogP contribution in [-0.2, 0) is 17.8 Å². The lowest BCUT2D eigenvalue weighted by Gasteiger charge is -2.18. The maximum Gasteiger partial charge on any atom is 0.244 e. The van der Waals surface area contributed by atoms with Gasteiger partial charge in [-0.25, -0.2) is 9.13 Å². The van der Waals surface area contributed by atoms with Crippen molar-refractivity contribution in [2.24, 2.45) is 0 Å².